The van der Waals surface area contributed by atoms with E-state index >= 15 is 0 Å². The number of benzene rings is 2. The number of aliphatic hydroxyl groups is 1. The standard InChI is InChI=1S/C31H42N4O5/c1-3-21(2)28-31(39)35-20-24(36)19-26(35)30(38)34-25(18-22-10-5-4-6-11-22)29(37)33-15-9-13-23-12-7-8-14-27(23)40-17-16-32-28/h4-8,10-12,14,21,24-26,28,32,36H,3,9,13,15-20H2,1-2H3,(H,33,37)(H,34,38)/t21-,24-,25+,26+,28-/m0/s1. The number of hydrogen-bond donors (Lipinski definition) is 4. The first-order valence-electron chi connectivity index (χ1n) is 14.4. The average molecular weight is 551 g/mol. The number of fused-ring (bicyclic) bond motifs is 2. The number of carbonyl (C=O) groups excluding carboxylic acids is 3. The molecule has 4 rings (SSSR count). The maximum absolute atomic E-state index is 13.8. The van der Waals surface area contributed by atoms with Gasteiger partial charge in [-0.25, -0.2) is 0 Å². The number of aliphatic hydroxyl groups excluding tert-OH is 1. The monoisotopic (exact) mass is 550 g/mol. The molecule has 0 bridgehead atoms. The van der Waals surface area contributed by atoms with Gasteiger partial charge in [-0.1, -0.05) is 68.8 Å². The van der Waals surface area contributed by atoms with Gasteiger partial charge in [0.05, 0.1) is 12.1 Å². The third-order valence-electron chi connectivity index (χ3n) is 7.88. The number of nitrogens with zero attached hydrogens (tertiary/aromatic N) is 1. The van der Waals surface area contributed by atoms with Gasteiger partial charge in [0.15, 0.2) is 0 Å². The molecular weight excluding hydrogens is 508 g/mol. The lowest BCUT2D eigenvalue weighted by Crippen LogP contribution is -2.57. The molecule has 9 heteroatoms. The summed E-state index contributed by atoms with van der Waals surface area (Å²) >= 11 is 0. The van der Waals surface area contributed by atoms with Crippen LogP contribution < -0.4 is 20.7 Å². The van der Waals surface area contributed by atoms with Crippen molar-refractivity contribution in [3.63, 3.8) is 0 Å². The van der Waals surface area contributed by atoms with Gasteiger partial charge < -0.3 is 30.7 Å². The molecule has 2 aromatic rings. The van der Waals surface area contributed by atoms with Crippen LogP contribution in [0.1, 0.15) is 44.2 Å². The molecule has 2 aliphatic heterocycles. The molecule has 2 heterocycles. The zero-order valence-electron chi connectivity index (χ0n) is 23.5. The van der Waals surface area contributed by atoms with Crippen molar-refractivity contribution in [2.75, 3.05) is 26.2 Å². The van der Waals surface area contributed by atoms with Crippen molar-refractivity contribution in [2.24, 2.45) is 5.92 Å². The minimum absolute atomic E-state index is 0.00319. The van der Waals surface area contributed by atoms with Crippen LogP contribution in [-0.2, 0) is 27.2 Å². The van der Waals surface area contributed by atoms with Crippen LogP contribution in [0.25, 0.3) is 0 Å². The van der Waals surface area contributed by atoms with Gasteiger partial charge in [0, 0.05) is 32.5 Å². The summed E-state index contributed by atoms with van der Waals surface area (Å²) in [5, 5.41) is 19.7. The summed E-state index contributed by atoms with van der Waals surface area (Å²) in [5.74, 6) is -0.138. The molecule has 0 saturated carbocycles. The topological polar surface area (TPSA) is 120 Å². The lowest BCUT2D eigenvalue weighted by Gasteiger charge is -2.32. The zero-order chi connectivity index (χ0) is 28.5. The summed E-state index contributed by atoms with van der Waals surface area (Å²) in [6.45, 7) is 5.37. The fraction of sp³-hybridized carbons (Fsp3) is 0.516. The molecular formula is C31H42N4O5. The Balaban J connectivity index is 1.60. The first kappa shape index (κ1) is 29.6. The number of carbonyl (C=O) groups is 3. The van der Waals surface area contributed by atoms with Gasteiger partial charge in [0.25, 0.3) is 0 Å². The SMILES string of the molecule is CC[C@H](C)[C@@H]1NCCOc2ccccc2CCCNC(=O)[C@@H](Cc2ccccc2)NC(=O)[C@H]2C[C@H](O)CN2C1=O. The number of amides is 3. The van der Waals surface area contributed by atoms with Crippen molar-refractivity contribution >= 4 is 17.7 Å². The minimum Gasteiger partial charge on any atom is -0.492 e. The first-order chi connectivity index (χ1) is 19.4. The number of nitrogens with one attached hydrogen (secondary N) is 3. The van der Waals surface area contributed by atoms with Crippen molar-refractivity contribution in [2.45, 2.75) is 70.2 Å². The zero-order valence-corrected chi connectivity index (χ0v) is 23.5. The Bertz CT molecular complexity index is 1140. The van der Waals surface area contributed by atoms with Crippen molar-refractivity contribution in [1.82, 2.24) is 20.9 Å². The van der Waals surface area contributed by atoms with E-state index < -0.39 is 30.1 Å². The Hall–Kier alpha value is -3.43. The molecule has 9 nitrogen and oxygen atoms in total. The van der Waals surface area contributed by atoms with E-state index in [2.05, 4.69) is 16.0 Å². The van der Waals surface area contributed by atoms with Gasteiger partial charge >= 0.3 is 0 Å². The lowest BCUT2D eigenvalue weighted by atomic mass is 9.97. The second kappa shape index (κ2) is 14.3. The minimum atomic E-state index is -0.857. The molecule has 3 amide bonds. The quantitative estimate of drug-likeness (QED) is 0.461. The molecule has 0 aliphatic carbocycles. The molecule has 0 radical (unpaired) electrons. The van der Waals surface area contributed by atoms with E-state index in [1.807, 2.05) is 68.4 Å². The Labute approximate surface area is 236 Å². The van der Waals surface area contributed by atoms with E-state index in [0.29, 0.717) is 32.5 Å². The summed E-state index contributed by atoms with van der Waals surface area (Å²) in [7, 11) is 0. The second-order valence-corrected chi connectivity index (χ2v) is 10.8. The molecule has 0 spiro atoms. The van der Waals surface area contributed by atoms with Crippen LogP contribution in [0.2, 0.25) is 0 Å². The van der Waals surface area contributed by atoms with Crippen LogP contribution in [-0.4, -0.2) is 78.2 Å². The Morgan fingerprint density at radius 1 is 1.02 bits per heavy atom. The molecule has 4 N–H and O–H groups in total. The fourth-order valence-corrected chi connectivity index (χ4v) is 5.42. The molecule has 2 aliphatic rings. The van der Waals surface area contributed by atoms with Crippen LogP contribution in [0, 0.1) is 5.92 Å². The Morgan fingerprint density at radius 3 is 2.55 bits per heavy atom. The molecule has 0 unspecified atom stereocenters. The summed E-state index contributed by atoms with van der Waals surface area (Å²) < 4.78 is 6.08. The maximum atomic E-state index is 13.8. The number of rotatable bonds is 4. The van der Waals surface area contributed by atoms with Crippen molar-refractivity contribution < 1.29 is 24.2 Å². The molecule has 0 aromatic heterocycles. The Morgan fingerprint density at radius 2 is 1.77 bits per heavy atom. The first-order valence-corrected chi connectivity index (χ1v) is 14.4. The van der Waals surface area contributed by atoms with E-state index in [-0.39, 0.29) is 30.7 Å². The highest BCUT2D eigenvalue weighted by Gasteiger charge is 2.42. The van der Waals surface area contributed by atoms with Gasteiger partial charge in [-0.05, 0) is 36.0 Å². The van der Waals surface area contributed by atoms with Crippen LogP contribution in [0.4, 0.5) is 0 Å². The lowest BCUT2D eigenvalue weighted by molar-refractivity contribution is -0.141. The fourth-order valence-electron chi connectivity index (χ4n) is 5.42. The number of ether oxygens (including phenoxy) is 1. The summed E-state index contributed by atoms with van der Waals surface area (Å²) in [6.07, 6.45) is 1.83. The maximum Gasteiger partial charge on any atom is 0.243 e. The third kappa shape index (κ3) is 7.61. The van der Waals surface area contributed by atoms with E-state index in [0.717, 1.165) is 29.7 Å². The third-order valence-corrected chi connectivity index (χ3v) is 7.88. The molecule has 216 valence electrons. The van der Waals surface area contributed by atoms with E-state index in [4.69, 9.17) is 4.74 Å². The largest absolute Gasteiger partial charge is 0.492 e. The second-order valence-electron chi connectivity index (χ2n) is 10.8. The molecule has 2 aromatic carbocycles. The van der Waals surface area contributed by atoms with Crippen LogP contribution >= 0.6 is 0 Å². The van der Waals surface area contributed by atoms with Crippen LogP contribution in [0.15, 0.2) is 54.6 Å². The predicted octanol–water partition coefficient (Wildman–Crippen LogP) is 1.82. The van der Waals surface area contributed by atoms with Gasteiger partial charge in [-0.2, -0.15) is 0 Å². The van der Waals surface area contributed by atoms with Crippen molar-refractivity contribution in [3.8, 4) is 5.75 Å². The normalized spacial score (nSPS) is 25.9. The highest BCUT2D eigenvalue weighted by molar-refractivity contribution is 5.93. The molecule has 5 atom stereocenters. The summed E-state index contributed by atoms with van der Waals surface area (Å²) in [6, 6.07) is 15.2. The van der Waals surface area contributed by atoms with Crippen molar-refractivity contribution in [1.29, 1.82) is 0 Å². The molecule has 1 saturated heterocycles. The Kier molecular flexibility index (Phi) is 10.5. The average Bonchev–Trinajstić information content (AvgIpc) is 3.36. The smallest absolute Gasteiger partial charge is 0.243 e. The van der Waals surface area contributed by atoms with Gasteiger partial charge in [-0.3, -0.25) is 14.4 Å². The highest BCUT2D eigenvalue weighted by Crippen LogP contribution is 2.23. The van der Waals surface area contributed by atoms with Crippen LogP contribution in [0.3, 0.4) is 0 Å². The summed E-state index contributed by atoms with van der Waals surface area (Å²) in [4.78, 5) is 42.2. The van der Waals surface area contributed by atoms with Gasteiger partial charge in [0.2, 0.25) is 17.7 Å². The van der Waals surface area contributed by atoms with E-state index in [9.17, 15) is 19.5 Å². The number of para-hydroxylation sites is 1. The molecule has 40 heavy (non-hydrogen) atoms. The van der Waals surface area contributed by atoms with E-state index in [1.54, 1.807) is 0 Å². The summed E-state index contributed by atoms with van der Waals surface area (Å²) in [5.41, 5.74) is 1.96. The highest BCUT2D eigenvalue weighted by atomic mass is 16.5. The van der Waals surface area contributed by atoms with Crippen molar-refractivity contribution in [3.05, 3.63) is 65.7 Å². The number of aryl methyl sites for hydroxylation is 1. The molecule has 1 fully saturated rings. The van der Waals surface area contributed by atoms with Gasteiger partial charge in [-0.15, -0.1) is 0 Å². The number of hydrogen-bond acceptors (Lipinski definition) is 6. The van der Waals surface area contributed by atoms with Crippen LogP contribution in [0.5, 0.6) is 5.75 Å². The predicted molar refractivity (Wildman–Crippen MR) is 153 cm³/mol. The van der Waals surface area contributed by atoms with E-state index in [1.165, 1.54) is 4.90 Å². The van der Waals surface area contributed by atoms with Gasteiger partial charge in [0.1, 0.15) is 24.4 Å².